The summed E-state index contributed by atoms with van der Waals surface area (Å²) in [6, 6.07) is 27.7. The smallest absolute Gasteiger partial charge is 0.211 e. The lowest BCUT2D eigenvalue weighted by Crippen LogP contribution is -1.87. The van der Waals surface area contributed by atoms with Crippen LogP contribution in [0.5, 0.6) is 0 Å². The molecule has 53 heavy (non-hydrogen) atoms. The predicted octanol–water partition coefficient (Wildman–Crippen LogP) is 10.5. The molecule has 0 saturated carbocycles. The monoisotopic (exact) mass is 754 g/mol. The summed E-state index contributed by atoms with van der Waals surface area (Å²) in [4.78, 5) is 79.4. The molecule has 1 atom stereocenters. The molecule has 0 spiro atoms. The molecule has 0 heterocycles. The van der Waals surface area contributed by atoms with Crippen LogP contribution < -0.4 is 0 Å². The van der Waals surface area contributed by atoms with Crippen molar-refractivity contribution in [1.29, 1.82) is 0 Å². The molecule has 0 aliphatic heterocycles. The first kappa shape index (κ1) is 46.7. The third kappa shape index (κ3) is 24.5. The fourth-order valence-electron chi connectivity index (χ4n) is 3.62. The van der Waals surface area contributed by atoms with Crippen LogP contribution in [-0.2, 0) is 28.8 Å². The van der Waals surface area contributed by atoms with Crippen molar-refractivity contribution in [2.45, 2.75) is 52.5 Å². The number of hydrogen-bond acceptors (Lipinski definition) is 12. The molecular weight excluding hydrogens is 719 g/mol. The molecular formula is C39H36Cl2N6O6. The Balaban J connectivity index is 0.000000645. The van der Waals surface area contributed by atoms with Gasteiger partial charge in [-0.05, 0) is 86.0 Å². The van der Waals surface area contributed by atoms with Crippen LogP contribution in [0, 0.1) is 6.92 Å². The van der Waals surface area contributed by atoms with Crippen molar-refractivity contribution in [3.05, 3.63) is 118 Å². The third-order valence-electron chi connectivity index (χ3n) is 6.17. The van der Waals surface area contributed by atoms with E-state index in [4.69, 9.17) is 23.2 Å². The first-order valence-corrected chi connectivity index (χ1v) is 16.5. The van der Waals surface area contributed by atoms with Gasteiger partial charge >= 0.3 is 0 Å². The van der Waals surface area contributed by atoms with Gasteiger partial charge in [-0.1, -0.05) is 91.9 Å². The lowest BCUT2D eigenvalue weighted by atomic mass is 10.1. The van der Waals surface area contributed by atoms with E-state index >= 15 is 0 Å². The molecule has 0 saturated heterocycles. The average Bonchev–Trinajstić information content (AvgIpc) is 3.16. The van der Waals surface area contributed by atoms with Crippen molar-refractivity contribution in [2.24, 2.45) is 30.0 Å². The topological polar surface area (TPSA) is 177 Å². The minimum atomic E-state index is -0.221. The van der Waals surface area contributed by atoms with Gasteiger partial charge in [0, 0.05) is 5.02 Å². The molecule has 0 aliphatic carbocycles. The summed E-state index contributed by atoms with van der Waals surface area (Å²) in [5.74, 6) is 0. The Morgan fingerprint density at radius 3 is 1.72 bits per heavy atom. The second-order valence-electron chi connectivity index (χ2n) is 10.1. The Morgan fingerprint density at radius 1 is 0.585 bits per heavy atom. The molecule has 0 N–H and O–H groups in total. The number of aliphatic imine (C=N–C) groups is 6. The molecule has 4 aromatic carbocycles. The minimum absolute atomic E-state index is 0.221. The van der Waals surface area contributed by atoms with Crippen molar-refractivity contribution >= 4 is 82.4 Å². The number of isocyanates is 6. The quantitative estimate of drug-likeness (QED) is 0.0835. The molecule has 4 rings (SSSR count). The number of aryl methyl sites for hydroxylation is 1. The van der Waals surface area contributed by atoms with Crippen LogP contribution in [0.3, 0.4) is 0 Å². The Kier molecular flexibility index (Phi) is 28.0. The SMILES string of the molecule is CC(N=C=O)c1ccc(N=C=O)cc1.CCCCCCN=C=O.Cc1cccc(N=C=O)c1.O=C=Nc1cc(Cl)ccc1Cl.O=C=Nc1ccccc1. The van der Waals surface area contributed by atoms with Crippen molar-refractivity contribution in [1.82, 2.24) is 0 Å². The maximum absolute atomic E-state index is 10.00. The lowest BCUT2D eigenvalue weighted by molar-refractivity contribution is 0.559. The van der Waals surface area contributed by atoms with Gasteiger partial charge in [0.2, 0.25) is 36.5 Å². The van der Waals surface area contributed by atoms with Crippen molar-refractivity contribution < 1.29 is 28.8 Å². The molecule has 0 bridgehead atoms. The number of halogens is 2. The molecule has 14 heteroatoms. The second kappa shape index (κ2) is 31.7. The number of rotatable bonds is 11. The van der Waals surface area contributed by atoms with Crippen LogP contribution in [0.2, 0.25) is 10.0 Å². The standard InChI is InChI=1S/C10H8N2O2.C8H7NO.C7H3Cl2NO.C7H5NO.C7H13NO/c1-8(11-6-13)9-2-4-10(5-3-9)12-7-14;1-7-3-2-4-8(5-7)9-6-10;8-5-1-2-6(9)7(3-5)10-4-11;9-6-8-7-4-2-1-3-5-7;1-2-3-4-5-6-8-7-9/h2-5,8H,1H3;2-5H,1H3;1-3H;1-5H;2-6H2,1H3. The maximum Gasteiger partial charge on any atom is 0.240 e. The largest absolute Gasteiger partial charge is 0.240 e. The van der Waals surface area contributed by atoms with Crippen molar-refractivity contribution in [2.75, 3.05) is 6.54 Å². The van der Waals surface area contributed by atoms with E-state index in [1.807, 2.05) is 43.3 Å². The Labute approximate surface area is 317 Å². The van der Waals surface area contributed by atoms with Crippen LogP contribution in [-0.4, -0.2) is 43.0 Å². The maximum atomic E-state index is 10.00. The second-order valence-corrected chi connectivity index (χ2v) is 10.9. The summed E-state index contributed by atoms with van der Waals surface area (Å²) < 4.78 is 0. The summed E-state index contributed by atoms with van der Waals surface area (Å²) in [5, 5.41) is 0.876. The number of benzene rings is 4. The molecule has 0 amide bonds. The van der Waals surface area contributed by atoms with Gasteiger partial charge in [0.05, 0.1) is 40.4 Å². The van der Waals surface area contributed by atoms with Gasteiger partial charge in [-0.15, -0.1) is 0 Å². The number of nitrogens with zero attached hydrogens (tertiary/aromatic N) is 6. The van der Waals surface area contributed by atoms with Crippen LogP contribution >= 0.6 is 23.2 Å². The van der Waals surface area contributed by atoms with E-state index < -0.39 is 0 Å². The van der Waals surface area contributed by atoms with Gasteiger partial charge in [-0.25, -0.2) is 33.8 Å². The first-order chi connectivity index (χ1) is 25.7. The van der Waals surface area contributed by atoms with E-state index in [1.165, 1.54) is 61.8 Å². The van der Waals surface area contributed by atoms with E-state index in [9.17, 15) is 28.8 Å². The molecule has 4 aromatic rings. The van der Waals surface area contributed by atoms with Crippen LogP contribution in [0.4, 0.5) is 22.7 Å². The molecule has 0 fully saturated rings. The highest BCUT2D eigenvalue weighted by Crippen LogP contribution is 2.27. The predicted molar refractivity (Wildman–Crippen MR) is 205 cm³/mol. The van der Waals surface area contributed by atoms with Crippen LogP contribution in [0.25, 0.3) is 0 Å². The summed E-state index contributed by atoms with van der Waals surface area (Å²) in [6.07, 6.45) is 13.5. The van der Waals surface area contributed by atoms with Crippen molar-refractivity contribution in [3.63, 3.8) is 0 Å². The van der Waals surface area contributed by atoms with Gasteiger partial charge in [-0.3, -0.25) is 0 Å². The number of unbranched alkanes of at least 4 members (excludes halogenated alkanes) is 3. The average molecular weight is 756 g/mol. The highest BCUT2D eigenvalue weighted by atomic mass is 35.5. The summed E-state index contributed by atoms with van der Waals surface area (Å²) in [6.45, 7) is 6.54. The number of para-hydroxylation sites is 1. The van der Waals surface area contributed by atoms with Crippen LogP contribution in [0.1, 0.15) is 56.7 Å². The summed E-state index contributed by atoms with van der Waals surface area (Å²) in [5.41, 5.74) is 4.15. The van der Waals surface area contributed by atoms with Gasteiger partial charge in [0.15, 0.2) is 0 Å². The fraction of sp³-hybridized carbons (Fsp3) is 0.231. The number of hydrogen-bond donors (Lipinski definition) is 0. The van der Waals surface area contributed by atoms with Gasteiger partial charge in [0.1, 0.15) is 0 Å². The lowest BCUT2D eigenvalue weighted by Gasteiger charge is -2.03. The minimum Gasteiger partial charge on any atom is -0.211 e. The van der Waals surface area contributed by atoms with E-state index in [-0.39, 0.29) is 6.04 Å². The van der Waals surface area contributed by atoms with Gasteiger partial charge < -0.3 is 0 Å². The Hall–Kier alpha value is -6.26. The van der Waals surface area contributed by atoms with Gasteiger partial charge in [0.25, 0.3) is 0 Å². The zero-order chi connectivity index (χ0) is 39.5. The fourth-order valence-corrected chi connectivity index (χ4v) is 3.95. The zero-order valence-electron chi connectivity index (χ0n) is 29.2. The molecule has 1 unspecified atom stereocenters. The molecule has 272 valence electrons. The highest BCUT2D eigenvalue weighted by Gasteiger charge is 2.02. The van der Waals surface area contributed by atoms with Gasteiger partial charge in [-0.2, -0.15) is 25.0 Å². The molecule has 0 aliphatic rings. The van der Waals surface area contributed by atoms with E-state index in [0.29, 0.717) is 39.3 Å². The van der Waals surface area contributed by atoms with E-state index in [2.05, 4.69) is 36.9 Å². The number of carbonyl (C=O) groups excluding carboxylic acids is 6. The highest BCUT2D eigenvalue weighted by molar-refractivity contribution is 6.35. The normalized spacial score (nSPS) is 9.15. The first-order valence-electron chi connectivity index (χ1n) is 15.8. The molecule has 12 nitrogen and oxygen atoms in total. The zero-order valence-corrected chi connectivity index (χ0v) is 30.8. The molecule has 0 aromatic heterocycles. The Morgan fingerprint density at radius 2 is 1.17 bits per heavy atom. The Bertz CT molecular complexity index is 1960. The van der Waals surface area contributed by atoms with Crippen molar-refractivity contribution in [3.8, 4) is 0 Å². The van der Waals surface area contributed by atoms with E-state index in [1.54, 1.807) is 61.5 Å². The summed E-state index contributed by atoms with van der Waals surface area (Å²) in [7, 11) is 0. The van der Waals surface area contributed by atoms with Crippen LogP contribution in [0.15, 0.2) is 127 Å². The third-order valence-corrected chi connectivity index (χ3v) is 6.72. The van der Waals surface area contributed by atoms with E-state index in [0.717, 1.165) is 17.5 Å². The molecule has 0 radical (unpaired) electrons. The summed E-state index contributed by atoms with van der Waals surface area (Å²) >= 11 is 11.2.